The van der Waals surface area contributed by atoms with E-state index in [1.54, 1.807) is 0 Å². The lowest BCUT2D eigenvalue weighted by molar-refractivity contribution is -0.131. The lowest BCUT2D eigenvalue weighted by atomic mass is 9.81. The minimum absolute atomic E-state index is 0.175. The molecule has 1 heterocycles. The number of aliphatic hydroxyl groups excluding tert-OH is 1. The molecule has 2 aliphatic rings. The van der Waals surface area contributed by atoms with Crippen LogP contribution in [0.5, 0.6) is 0 Å². The zero-order chi connectivity index (χ0) is 12.4. The van der Waals surface area contributed by atoms with Crippen LogP contribution >= 0.6 is 0 Å². The Morgan fingerprint density at radius 3 is 2.71 bits per heavy atom. The summed E-state index contributed by atoms with van der Waals surface area (Å²) in [6.45, 7) is 4.82. The fraction of sp³-hybridized carbons (Fsp3) is 0.923. The summed E-state index contributed by atoms with van der Waals surface area (Å²) in [5.41, 5.74) is -0.0313. The summed E-state index contributed by atoms with van der Waals surface area (Å²) in [5, 5.41) is 15.4. The predicted octanol–water partition coefficient (Wildman–Crippen LogP) is 0.655. The van der Waals surface area contributed by atoms with Gasteiger partial charge in [-0.25, -0.2) is 0 Å². The molecule has 4 nitrogen and oxygen atoms in total. The number of rotatable bonds is 5. The van der Waals surface area contributed by atoms with Gasteiger partial charge in [-0.3, -0.25) is 4.79 Å². The van der Waals surface area contributed by atoms with Gasteiger partial charge in [-0.05, 0) is 51.0 Å². The Morgan fingerprint density at radius 1 is 1.41 bits per heavy atom. The first kappa shape index (κ1) is 12.8. The average Bonchev–Trinajstić information content (AvgIpc) is 3.08. The monoisotopic (exact) mass is 240 g/mol. The molecule has 17 heavy (non-hydrogen) atoms. The molecular formula is C13H24N2O2. The van der Waals surface area contributed by atoms with Crippen molar-refractivity contribution in [3.63, 3.8) is 0 Å². The maximum atomic E-state index is 12.2. The summed E-state index contributed by atoms with van der Waals surface area (Å²) in [5.74, 6) is 0.175. The number of amides is 1. The molecule has 1 aliphatic carbocycles. The lowest BCUT2D eigenvalue weighted by Crippen LogP contribution is -2.49. The Morgan fingerprint density at radius 2 is 2.18 bits per heavy atom. The number of carbonyl (C=O) groups is 1. The molecule has 0 radical (unpaired) electrons. The summed E-state index contributed by atoms with van der Waals surface area (Å²) >= 11 is 0. The van der Waals surface area contributed by atoms with Gasteiger partial charge in [0.25, 0.3) is 0 Å². The van der Waals surface area contributed by atoms with E-state index in [2.05, 4.69) is 10.6 Å². The third-order valence-electron chi connectivity index (χ3n) is 4.37. The smallest absolute Gasteiger partial charge is 0.227 e. The second-order valence-electron chi connectivity index (χ2n) is 6.00. The van der Waals surface area contributed by atoms with Gasteiger partial charge in [0.15, 0.2) is 0 Å². The van der Waals surface area contributed by atoms with Gasteiger partial charge in [-0.1, -0.05) is 0 Å². The van der Waals surface area contributed by atoms with Gasteiger partial charge in [0.1, 0.15) is 0 Å². The lowest BCUT2D eigenvalue weighted by Gasteiger charge is -2.33. The molecule has 0 aromatic rings. The second-order valence-corrected chi connectivity index (χ2v) is 6.00. The topological polar surface area (TPSA) is 61.4 Å². The van der Waals surface area contributed by atoms with Gasteiger partial charge in [-0.15, -0.1) is 0 Å². The third-order valence-corrected chi connectivity index (χ3v) is 4.37. The summed E-state index contributed by atoms with van der Waals surface area (Å²) in [7, 11) is 0. The van der Waals surface area contributed by atoms with Crippen LogP contribution in [0, 0.1) is 10.8 Å². The van der Waals surface area contributed by atoms with Gasteiger partial charge in [-0.2, -0.15) is 0 Å². The van der Waals surface area contributed by atoms with Gasteiger partial charge < -0.3 is 15.7 Å². The van der Waals surface area contributed by atoms with Crippen LogP contribution in [-0.4, -0.2) is 37.3 Å². The van der Waals surface area contributed by atoms with E-state index in [1.807, 2.05) is 6.92 Å². The van der Waals surface area contributed by atoms with Gasteiger partial charge in [0.2, 0.25) is 5.91 Å². The number of aliphatic hydroxyl groups is 1. The predicted molar refractivity (Wildman–Crippen MR) is 66.6 cm³/mol. The fourth-order valence-electron chi connectivity index (χ4n) is 2.66. The molecule has 0 spiro atoms. The third kappa shape index (κ3) is 2.99. The first-order valence-corrected chi connectivity index (χ1v) is 6.70. The highest BCUT2D eigenvalue weighted by Crippen LogP contribution is 2.48. The maximum absolute atomic E-state index is 12.2. The van der Waals surface area contributed by atoms with E-state index in [9.17, 15) is 4.79 Å². The molecule has 1 atom stereocenters. The Bertz CT molecular complexity index is 281. The normalized spacial score (nSPS) is 30.9. The van der Waals surface area contributed by atoms with Crippen LogP contribution in [0.1, 0.15) is 39.0 Å². The van der Waals surface area contributed by atoms with Crippen molar-refractivity contribution in [3.8, 4) is 0 Å². The Balaban J connectivity index is 1.80. The molecule has 0 bridgehead atoms. The van der Waals surface area contributed by atoms with Crippen molar-refractivity contribution in [2.75, 3.05) is 26.2 Å². The minimum Gasteiger partial charge on any atom is -0.396 e. The fourth-order valence-corrected chi connectivity index (χ4v) is 2.66. The highest BCUT2D eigenvalue weighted by atomic mass is 16.3. The molecule has 1 aliphatic heterocycles. The summed E-state index contributed by atoms with van der Waals surface area (Å²) in [6, 6.07) is 0. The Hall–Kier alpha value is -0.610. The second kappa shape index (κ2) is 4.94. The number of carbonyl (C=O) groups excluding carboxylic acids is 1. The van der Waals surface area contributed by atoms with Crippen LogP contribution < -0.4 is 10.6 Å². The molecule has 2 fully saturated rings. The van der Waals surface area contributed by atoms with E-state index >= 15 is 0 Å². The van der Waals surface area contributed by atoms with Gasteiger partial charge in [0.05, 0.1) is 5.41 Å². The summed E-state index contributed by atoms with van der Waals surface area (Å²) in [6.07, 6.45) is 5.15. The molecule has 2 rings (SSSR count). The molecule has 0 aromatic heterocycles. The standard InChI is InChI=1S/C13H24N2O2/c1-12(3-2-7-14-9-12)11(17)15-10-13(4-5-13)6-8-16/h14,16H,2-10H2,1H3,(H,15,17). The van der Waals surface area contributed by atoms with Gasteiger partial charge >= 0.3 is 0 Å². The van der Waals surface area contributed by atoms with Crippen LogP contribution in [0.15, 0.2) is 0 Å². The first-order chi connectivity index (χ1) is 8.10. The highest BCUT2D eigenvalue weighted by molar-refractivity contribution is 5.82. The van der Waals surface area contributed by atoms with Crippen LogP contribution in [0.3, 0.4) is 0 Å². The quantitative estimate of drug-likeness (QED) is 0.661. The minimum atomic E-state index is -0.243. The van der Waals surface area contributed by atoms with Crippen molar-refractivity contribution in [2.24, 2.45) is 10.8 Å². The molecule has 4 heteroatoms. The van der Waals surface area contributed by atoms with E-state index in [-0.39, 0.29) is 23.3 Å². The number of hydrogen-bond donors (Lipinski definition) is 3. The van der Waals surface area contributed by atoms with Gasteiger partial charge in [0, 0.05) is 19.7 Å². The molecule has 1 saturated heterocycles. The molecule has 1 amide bonds. The van der Waals surface area contributed by atoms with Crippen LogP contribution in [-0.2, 0) is 4.79 Å². The molecule has 98 valence electrons. The summed E-state index contributed by atoms with van der Waals surface area (Å²) in [4.78, 5) is 12.2. The Kier molecular flexibility index (Phi) is 3.73. The van der Waals surface area contributed by atoms with Crippen LogP contribution in [0.2, 0.25) is 0 Å². The van der Waals surface area contributed by atoms with E-state index in [0.717, 1.165) is 51.7 Å². The molecule has 1 unspecified atom stereocenters. The largest absolute Gasteiger partial charge is 0.396 e. The van der Waals surface area contributed by atoms with Crippen molar-refractivity contribution in [3.05, 3.63) is 0 Å². The van der Waals surface area contributed by atoms with Crippen molar-refractivity contribution in [1.82, 2.24) is 10.6 Å². The van der Waals surface area contributed by atoms with Crippen LogP contribution in [0.4, 0.5) is 0 Å². The molecule has 1 saturated carbocycles. The van der Waals surface area contributed by atoms with Crippen molar-refractivity contribution < 1.29 is 9.90 Å². The van der Waals surface area contributed by atoms with E-state index in [1.165, 1.54) is 0 Å². The zero-order valence-electron chi connectivity index (χ0n) is 10.7. The average molecular weight is 240 g/mol. The number of hydrogen-bond acceptors (Lipinski definition) is 3. The van der Waals surface area contributed by atoms with Crippen molar-refractivity contribution in [1.29, 1.82) is 0 Å². The molecular weight excluding hydrogens is 216 g/mol. The van der Waals surface area contributed by atoms with Crippen molar-refractivity contribution >= 4 is 5.91 Å². The van der Waals surface area contributed by atoms with Crippen molar-refractivity contribution in [2.45, 2.75) is 39.0 Å². The maximum Gasteiger partial charge on any atom is 0.227 e. The van der Waals surface area contributed by atoms with E-state index in [0.29, 0.717) is 0 Å². The van der Waals surface area contributed by atoms with E-state index in [4.69, 9.17) is 5.11 Å². The number of nitrogens with one attached hydrogen (secondary N) is 2. The SMILES string of the molecule is CC1(C(=O)NCC2(CCO)CC2)CCCNC1. The Labute approximate surface area is 103 Å². The molecule has 0 aromatic carbocycles. The van der Waals surface area contributed by atoms with E-state index < -0.39 is 0 Å². The highest BCUT2D eigenvalue weighted by Gasteiger charge is 2.43. The summed E-state index contributed by atoms with van der Waals surface area (Å²) < 4.78 is 0. The van der Waals surface area contributed by atoms with Crippen LogP contribution in [0.25, 0.3) is 0 Å². The zero-order valence-corrected chi connectivity index (χ0v) is 10.7. The number of piperidine rings is 1. The molecule has 3 N–H and O–H groups in total. The first-order valence-electron chi connectivity index (χ1n) is 6.70.